The molecule has 5 rings (SSSR count). The Kier molecular flexibility index (Phi) is 6.92. The first-order valence-corrected chi connectivity index (χ1v) is 12.5. The summed E-state index contributed by atoms with van der Waals surface area (Å²) in [7, 11) is 0. The number of fused-ring (bicyclic) bond motifs is 1. The number of ether oxygens (including phenoxy) is 1. The van der Waals surface area contributed by atoms with Gasteiger partial charge >= 0.3 is 0 Å². The standard InChI is InChI=1S/C26H30N4O3S/c1-18-23(26(33-28-18)20-6-4-3-5-7-20)16-30-12-10-29(11-13-30)15-21(31)17-32-22-8-9-25-24(14-22)27-19(2)34-25/h3-9,14,21,31H,10-13,15-17H2,1-2H3/t21-/m0/s1. The fourth-order valence-electron chi connectivity index (χ4n) is 4.40. The largest absolute Gasteiger partial charge is 0.491 e. The monoisotopic (exact) mass is 478 g/mol. The van der Waals surface area contributed by atoms with E-state index >= 15 is 0 Å². The zero-order valence-corrected chi connectivity index (χ0v) is 20.4. The Morgan fingerprint density at radius 2 is 1.82 bits per heavy atom. The van der Waals surface area contributed by atoms with Crippen LogP contribution >= 0.6 is 11.3 Å². The van der Waals surface area contributed by atoms with Gasteiger partial charge in [0.1, 0.15) is 18.5 Å². The Morgan fingerprint density at radius 3 is 2.62 bits per heavy atom. The molecule has 0 spiro atoms. The van der Waals surface area contributed by atoms with Gasteiger partial charge in [0.15, 0.2) is 5.76 Å². The second-order valence-corrected chi connectivity index (χ2v) is 10.1. The molecule has 3 heterocycles. The lowest BCUT2D eigenvalue weighted by molar-refractivity contribution is 0.0446. The van der Waals surface area contributed by atoms with Gasteiger partial charge in [0, 0.05) is 56.5 Å². The van der Waals surface area contributed by atoms with Gasteiger partial charge in [-0.2, -0.15) is 0 Å². The second kappa shape index (κ2) is 10.2. The first kappa shape index (κ1) is 23.0. The summed E-state index contributed by atoms with van der Waals surface area (Å²) >= 11 is 1.67. The third kappa shape index (κ3) is 5.31. The van der Waals surface area contributed by atoms with E-state index < -0.39 is 6.10 Å². The maximum atomic E-state index is 10.5. The number of aliphatic hydroxyl groups is 1. The van der Waals surface area contributed by atoms with Crippen molar-refractivity contribution in [3.63, 3.8) is 0 Å². The molecule has 1 aliphatic rings. The molecule has 0 unspecified atom stereocenters. The summed E-state index contributed by atoms with van der Waals surface area (Å²) in [6.07, 6.45) is -0.538. The number of hydrogen-bond donors (Lipinski definition) is 1. The number of benzene rings is 2. The van der Waals surface area contributed by atoms with Gasteiger partial charge in [-0.15, -0.1) is 11.3 Å². The SMILES string of the molecule is Cc1nc2cc(OC[C@@H](O)CN3CCN(Cc4c(C)noc4-c4ccccc4)CC3)ccc2s1. The van der Waals surface area contributed by atoms with E-state index in [0.717, 1.165) is 76.3 Å². The van der Waals surface area contributed by atoms with Crippen molar-refractivity contribution >= 4 is 21.6 Å². The van der Waals surface area contributed by atoms with Crippen LogP contribution in [0.4, 0.5) is 0 Å². The maximum absolute atomic E-state index is 10.5. The highest BCUT2D eigenvalue weighted by atomic mass is 32.1. The van der Waals surface area contributed by atoms with E-state index in [-0.39, 0.29) is 6.61 Å². The van der Waals surface area contributed by atoms with Crippen LogP contribution in [-0.4, -0.2) is 70.5 Å². The van der Waals surface area contributed by atoms with Crippen LogP contribution in [0.3, 0.4) is 0 Å². The fraction of sp³-hybridized carbons (Fsp3) is 0.385. The van der Waals surface area contributed by atoms with Crippen LogP contribution < -0.4 is 4.74 Å². The zero-order valence-electron chi connectivity index (χ0n) is 19.6. The molecule has 4 aromatic rings. The molecule has 0 aliphatic carbocycles. The number of β-amino-alcohol motifs (C(OH)–C–C–N with tert-alkyl or cyclic N) is 1. The molecular formula is C26H30N4O3S. The number of hydrogen-bond acceptors (Lipinski definition) is 8. The molecule has 178 valence electrons. The van der Waals surface area contributed by atoms with Gasteiger partial charge in [-0.3, -0.25) is 9.80 Å². The number of piperazine rings is 1. The van der Waals surface area contributed by atoms with Gasteiger partial charge in [0.25, 0.3) is 0 Å². The van der Waals surface area contributed by atoms with Gasteiger partial charge in [0.2, 0.25) is 0 Å². The van der Waals surface area contributed by atoms with Crippen LogP contribution in [0.5, 0.6) is 5.75 Å². The maximum Gasteiger partial charge on any atom is 0.171 e. The van der Waals surface area contributed by atoms with E-state index in [4.69, 9.17) is 9.26 Å². The molecule has 1 atom stereocenters. The number of rotatable bonds is 8. The minimum Gasteiger partial charge on any atom is -0.491 e. The van der Waals surface area contributed by atoms with Crippen molar-refractivity contribution in [2.24, 2.45) is 0 Å². The summed E-state index contributed by atoms with van der Waals surface area (Å²) in [5.41, 5.74) is 4.10. The van der Waals surface area contributed by atoms with Crippen molar-refractivity contribution in [1.29, 1.82) is 0 Å². The number of aliphatic hydroxyl groups excluding tert-OH is 1. The zero-order chi connectivity index (χ0) is 23.5. The molecule has 1 aliphatic heterocycles. The summed E-state index contributed by atoms with van der Waals surface area (Å²) in [4.78, 5) is 9.24. The van der Waals surface area contributed by atoms with Crippen molar-refractivity contribution in [2.45, 2.75) is 26.5 Å². The minimum atomic E-state index is -0.538. The van der Waals surface area contributed by atoms with Crippen molar-refractivity contribution < 1.29 is 14.4 Å². The van der Waals surface area contributed by atoms with Crippen LogP contribution in [0.2, 0.25) is 0 Å². The molecule has 1 fully saturated rings. The van der Waals surface area contributed by atoms with Gasteiger partial charge < -0.3 is 14.4 Å². The topological polar surface area (TPSA) is 74.9 Å². The lowest BCUT2D eigenvalue weighted by Gasteiger charge is -2.35. The van der Waals surface area contributed by atoms with Crippen molar-refractivity contribution in [1.82, 2.24) is 19.9 Å². The Labute approximate surface area is 203 Å². The van der Waals surface area contributed by atoms with Gasteiger partial charge in [-0.25, -0.2) is 4.98 Å². The summed E-state index contributed by atoms with van der Waals surface area (Å²) in [5.74, 6) is 1.61. The number of thiazole rings is 1. The van der Waals surface area contributed by atoms with E-state index in [9.17, 15) is 5.11 Å². The van der Waals surface area contributed by atoms with Crippen LogP contribution in [-0.2, 0) is 6.54 Å². The highest BCUT2D eigenvalue weighted by Crippen LogP contribution is 2.28. The van der Waals surface area contributed by atoms with Crippen LogP contribution in [0, 0.1) is 13.8 Å². The molecule has 2 aromatic carbocycles. The van der Waals surface area contributed by atoms with E-state index in [1.807, 2.05) is 50.2 Å². The first-order valence-electron chi connectivity index (χ1n) is 11.7. The Balaban J connectivity index is 1.10. The summed E-state index contributed by atoms with van der Waals surface area (Å²) < 4.78 is 12.6. The molecular weight excluding hydrogens is 448 g/mol. The Bertz CT molecular complexity index is 1230. The highest BCUT2D eigenvalue weighted by Gasteiger charge is 2.23. The molecule has 0 saturated carbocycles. The molecule has 7 nitrogen and oxygen atoms in total. The van der Waals surface area contributed by atoms with Gasteiger partial charge in [-0.1, -0.05) is 35.5 Å². The van der Waals surface area contributed by atoms with Crippen molar-refractivity contribution in [3.05, 3.63) is 64.8 Å². The van der Waals surface area contributed by atoms with Crippen LogP contribution in [0.25, 0.3) is 21.5 Å². The second-order valence-electron chi connectivity index (χ2n) is 8.85. The number of nitrogens with zero attached hydrogens (tertiary/aromatic N) is 4. The van der Waals surface area contributed by atoms with E-state index in [1.165, 1.54) is 0 Å². The van der Waals surface area contributed by atoms with Gasteiger partial charge in [-0.05, 0) is 26.0 Å². The third-order valence-electron chi connectivity index (χ3n) is 6.24. The molecule has 2 aromatic heterocycles. The minimum absolute atomic E-state index is 0.273. The molecule has 0 amide bonds. The average molecular weight is 479 g/mol. The molecule has 0 radical (unpaired) electrons. The molecule has 1 N–H and O–H groups in total. The van der Waals surface area contributed by atoms with Crippen LogP contribution in [0.1, 0.15) is 16.3 Å². The third-order valence-corrected chi connectivity index (χ3v) is 7.20. The Hall–Kier alpha value is -2.78. The normalized spacial score (nSPS) is 16.2. The van der Waals surface area contributed by atoms with E-state index in [0.29, 0.717) is 6.54 Å². The first-order chi connectivity index (χ1) is 16.5. The summed E-state index contributed by atoms with van der Waals surface area (Å²) in [6, 6.07) is 16.1. The average Bonchev–Trinajstić information content (AvgIpc) is 3.40. The Morgan fingerprint density at radius 1 is 1.06 bits per heavy atom. The predicted molar refractivity (Wildman–Crippen MR) is 134 cm³/mol. The predicted octanol–water partition coefficient (Wildman–Crippen LogP) is 4.13. The molecule has 8 heteroatoms. The summed E-state index contributed by atoms with van der Waals surface area (Å²) in [5, 5.41) is 15.8. The molecule has 34 heavy (non-hydrogen) atoms. The van der Waals surface area contributed by atoms with Crippen molar-refractivity contribution in [2.75, 3.05) is 39.3 Å². The lowest BCUT2D eigenvalue weighted by Crippen LogP contribution is -2.48. The molecule has 1 saturated heterocycles. The lowest BCUT2D eigenvalue weighted by atomic mass is 10.1. The fourth-order valence-corrected chi connectivity index (χ4v) is 5.21. The summed E-state index contributed by atoms with van der Waals surface area (Å²) in [6.45, 7) is 9.40. The molecule has 0 bridgehead atoms. The van der Waals surface area contributed by atoms with Crippen molar-refractivity contribution in [3.8, 4) is 17.1 Å². The smallest absolute Gasteiger partial charge is 0.171 e. The number of aryl methyl sites for hydroxylation is 2. The highest BCUT2D eigenvalue weighted by molar-refractivity contribution is 7.18. The van der Waals surface area contributed by atoms with E-state index in [2.05, 4.69) is 32.1 Å². The van der Waals surface area contributed by atoms with E-state index in [1.54, 1.807) is 11.3 Å². The quantitative estimate of drug-likeness (QED) is 0.408. The van der Waals surface area contributed by atoms with Gasteiger partial charge in [0.05, 0.1) is 20.9 Å². The number of aromatic nitrogens is 2. The van der Waals surface area contributed by atoms with Crippen LogP contribution in [0.15, 0.2) is 53.1 Å².